The molecule has 29 heavy (non-hydrogen) atoms. The maximum atomic E-state index is 6.08. The largest absolute Gasteiger partial charge is 0.368 e. The van der Waals surface area contributed by atoms with E-state index in [1.165, 1.54) is 6.42 Å². The SMILES string of the molecule is CCc1ncc(CN2CCCCC2c2nc(N)ncc2-c2ccc(Cl)cc2)cn1. The third kappa shape index (κ3) is 4.54. The summed E-state index contributed by atoms with van der Waals surface area (Å²) >= 11 is 6.08. The summed E-state index contributed by atoms with van der Waals surface area (Å²) < 4.78 is 0. The first-order valence-corrected chi connectivity index (χ1v) is 10.4. The van der Waals surface area contributed by atoms with Gasteiger partial charge in [-0.25, -0.2) is 19.9 Å². The number of nitrogen functional groups attached to an aromatic ring is 1. The summed E-state index contributed by atoms with van der Waals surface area (Å²) in [5.74, 6) is 1.18. The van der Waals surface area contributed by atoms with Crippen LogP contribution in [0.4, 0.5) is 5.95 Å². The smallest absolute Gasteiger partial charge is 0.220 e. The lowest BCUT2D eigenvalue weighted by Gasteiger charge is -2.36. The van der Waals surface area contributed by atoms with Gasteiger partial charge in [0.15, 0.2) is 0 Å². The number of aromatic nitrogens is 4. The molecule has 0 saturated carbocycles. The first-order valence-electron chi connectivity index (χ1n) is 10.1. The molecule has 2 aromatic heterocycles. The lowest BCUT2D eigenvalue weighted by Crippen LogP contribution is -2.34. The van der Waals surface area contributed by atoms with Crippen molar-refractivity contribution in [2.75, 3.05) is 12.3 Å². The summed E-state index contributed by atoms with van der Waals surface area (Å²) in [6, 6.07) is 7.96. The number of anilines is 1. The second-order valence-electron chi connectivity index (χ2n) is 7.38. The van der Waals surface area contributed by atoms with Gasteiger partial charge in [0, 0.05) is 47.7 Å². The molecule has 1 aliphatic rings. The standard InChI is InChI=1S/C22H25ClN6/c1-2-20-25-11-15(12-26-20)14-29-10-4-3-5-19(29)21-18(13-27-22(24)28-21)16-6-8-17(23)9-7-16/h6-9,11-13,19H,2-5,10,14H2,1H3,(H2,24,27,28). The molecule has 1 aliphatic heterocycles. The van der Waals surface area contributed by atoms with Crippen LogP contribution in [0.25, 0.3) is 11.1 Å². The van der Waals surface area contributed by atoms with Crippen molar-refractivity contribution < 1.29 is 0 Å². The summed E-state index contributed by atoms with van der Waals surface area (Å²) in [5.41, 5.74) is 10.1. The van der Waals surface area contributed by atoms with E-state index in [-0.39, 0.29) is 6.04 Å². The third-order valence-corrected chi connectivity index (χ3v) is 5.63. The molecule has 3 heterocycles. The molecular weight excluding hydrogens is 384 g/mol. The van der Waals surface area contributed by atoms with Crippen molar-refractivity contribution in [3.63, 3.8) is 0 Å². The van der Waals surface area contributed by atoms with Gasteiger partial charge in [0.2, 0.25) is 5.95 Å². The molecule has 0 spiro atoms. The van der Waals surface area contributed by atoms with E-state index in [4.69, 9.17) is 17.3 Å². The van der Waals surface area contributed by atoms with Crippen LogP contribution in [-0.2, 0) is 13.0 Å². The Morgan fingerprint density at radius 2 is 1.83 bits per heavy atom. The lowest BCUT2D eigenvalue weighted by molar-refractivity contribution is 0.137. The predicted molar refractivity (Wildman–Crippen MR) is 115 cm³/mol. The molecule has 1 saturated heterocycles. The van der Waals surface area contributed by atoms with Crippen LogP contribution in [0.3, 0.4) is 0 Å². The Bertz CT molecular complexity index is 958. The number of nitrogens with zero attached hydrogens (tertiary/aromatic N) is 5. The number of benzene rings is 1. The number of rotatable bonds is 5. The number of halogens is 1. The zero-order valence-electron chi connectivity index (χ0n) is 16.6. The average molecular weight is 409 g/mol. The summed E-state index contributed by atoms with van der Waals surface area (Å²) in [5, 5.41) is 0.710. The van der Waals surface area contributed by atoms with Gasteiger partial charge in [0.05, 0.1) is 11.7 Å². The Morgan fingerprint density at radius 1 is 1.07 bits per heavy atom. The van der Waals surface area contributed by atoms with Crippen LogP contribution in [0, 0.1) is 0 Å². The Labute approximate surface area is 176 Å². The van der Waals surface area contributed by atoms with Crippen LogP contribution in [0.15, 0.2) is 42.9 Å². The Balaban J connectivity index is 1.67. The van der Waals surface area contributed by atoms with Crippen molar-refractivity contribution in [2.45, 2.75) is 45.2 Å². The Hall–Kier alpha value is -2.57. The van der Waals surface area contributed by atoms with E-state index in [0.29, 0.717) is 11.0 Å². The van der Waals surface area contributed by atoms with E-state index in [1.54, 1.807) is 0 Å². The molecule has 0 radical (unpaired) electrons. The zero-order valence-corrected chi connectivity index (χ0v) is 17.3. The fourth-order valence-electron chi connectivity index (χ4n) is 3.89. The number of likely N-dealkylation sites (tertiary alicyclic amines) is 1. The highest BCUT2D eigenvalue weighted by Gasteiger charge is 2.28. The van der Waals surface area contributed by atoms with Crippen molar-refractivity contribution in [2.24, 2.45) is 0 Å². The van der Waals surface area contributed by atoms with Gasteiger partial charge >= 0.3 is 0 Å². The Morgan fingerprint density at radius 3 is 2.55 bits per heavy atom. The summed E-state index contributed by atoms with van der Waals surface area (Å²) in [4.78, 5) is 20.3. The minimum Gasteiger partial charge on any atom is -0.368 e. The first-order chi connectivity index (χ1) is 14.1. The molecule has 3 aromatic rings. The maximum Gasteiger partial charge on any atom is 0.220 e. The number of piperidine rings is 1. The summed E-state index contributed by atoms with van der Waals surface area (Å²) in [6.45, 7) is 3.86. The highest BCUT2D eigenvalue weighted by atomic mass is 35.5. The van der Waals surface area contributed by atoms with Crippen LogP contribution < -0.4 is 5.73 Å². The Kier molecular flexibility index (Phi) is 6.02. The summed E-state index contributed by atoms with van der Waals surface area (Å²) in [6.07, 6.45) is 9.91. The van der Waals surface area contributed by atoms with Gasteiger partial charge in [0.25, 0.3) is 0 Å². The second kappa shape index (κ2) is 8.84. The van der Waals surface area contributed by atoms with E-state index in [1.807, 2.05) is 42.9 Å². The molecule has 4 rings (SSSR count). The first kappa shape index (κ1) is 19.7. The third-order valence-electron chi connectivity index (χ3n) is 5.38. The number of hydrogen-bond acceptors (Lipinski definition) is 6. The molecule has 1 atom stereocenters. The van der Waals surface area contributed by atoms with E-state index in [9.17, 15) is 0 Å². The van der Waals surface area contributed by atoms with Crippen LogP contribution in [0.1, 0.15) is 49.3 Å². The molecule has 2 N–H and O–H groups in total. The maximum absolute atomic E-state index is 6.08. The van der Waals surface area contributed by atoms with E-state index >= 15 is 0 Å². The highest BCUT2D eigenvalue weighted by Crippen LogP contribution is 2.36. The van der Waals surface area contributed by atoms with Crippen molar-refractivity contribution >= 4 is 17.5 Å². The number of aryl methyl sites for hydroxylation is 1. The fraction of sp³-hybridized carbons (Fsp3) is 0.364. The van der Waals surface area contributed by atoms with E-state index in [2.05, 4.69) is 31.8 Å². The molecule has 0 amide bonds. The quantitative estimate of drug-likeness (QED) is 0.671. The lowest BCUT2D eigenvalue weighted by atomic mass is 9.93. The zero-order chi connectivity index (χ0) is 20.2. The average Bonchev–Trinajstić information content (AvgIpc) is 2.75. The number of hydrogen-bond donors (Lipinski definition) is 1. The second-order valence-corrected chi connectivity index (χ2v) is 7.81. The topological polar surface area (TPSA) is 80.8 Å². The monoisotopic (exact) mass is 408 g/mol. The molecule has 0 aliphatic carbocycles. The molecule has 1 unspecified atom stereocenters. The van der Waals surface area contributed by atoms with E-state index in [0.717, 1.165) is 60.6 Å². The molecule has 1 fully saturated rings. The molecule has 150 valence electrons. The van der Waals surface area contributed by atoms with Gasteiger partial charge in [-0.3, -0.25) is 4.90 Å². The minimum atomic E-state index is 0.172. The van der Waals surface area contributed by atoms with Crippen molar-refractivity contribution in [1.82, 2.24) is 24.8 Å². The van der Waals surface area contributed by atoms with Gasteiger partial charge in [-0.1, -0.05) is 37.1 Å². The van der Waals surface area contributed by atoms with Crippen LogP contribution >= 0.6 is 11.6 Å². The van der Waals surface area contributed by atoms with Gasteiger partial charge < -0.3 is 5.73 Å². The summed E-state index contributed by atoms with van der Waals surface area (Å²) in [7, 11) is 0. The highest BCUT2D eigenvalue weighted by molar-refractivity contribution is 6.30. The van der Waals surface area contributed by atoms with Gasteiger partial charge in [-0.2, -0.15) is 0 Å². The number of nitrogens with two attached hydrogens (primary N) is 1. The molecule has 6 nitrogen and oxygen atoms in total. The van der Waals surface area contributed by atoms with Gasteiger partial charge in [-0.05, 0) is 37.1 Å². The fourth-order valence-corrected chi connectivity index (χ4v) is 4.01. The van der Waals surface area contributed by atoms with Crippen molar-refractivity contribution in [1.29, 1.82) is 0 Å². The van der Waals surface area contributed by atoms with Crippen molar-refractivity contribution in [3.05, 3.63) is 65.0 Å². The predicted octanol–water partition coefficient (Wildman–Crippen LogP) is 4.46. The molecule has 7 heteroatoms. The minimum absolute atomic E-state index is 0.172. The van der Waals surface area contributed by atoms with Gasteiger partial charge in [0.1, 0.15) is 5.82 Å². The molecule has 0 bridgehead atoms. The molecule has 1 aromatic carbocycles. The van der Waals surface area contributed by atoms with Crippen LogP contribution in [-0.4, -0.2) is 31.4 Å². The normalized spacial score (nSPS) is 17.4. The van der Waals surface area contributed by atoms with Gasteiger partial charge in [-0.15, -0.1) is 0 Å². The van der Waals surface area contributed by atoms with Crippen LogP contribution in [0.2, 0.25) is 5.02 Å². The van der Waals surface area contributed by atoms with E-state index < -0.39 is 0 Å². The molecular formula is C22H25ClN6. The van der Waals surface area contributed by atoms with Crippen LogP contribution in [0.5, 0.6) is 0 Å². The van der Waals surface area contributed by atoms with Crippen molar-refractivity contribution in [3.8, 4) is 11.1 Å².